The molecule has 0 amide bonds. The number of phosphoric ester groups is 1. The van der Waals surface area contributed by atoms with Gasteiger partial charge < -0.3 is 20.1 Å². The van der Waals surface area contributed by atoms with Gasteiger partial charge in [-0.2, -0.15) is 0 Å². The Morgan fingerprint density at radius 3 is 1.47 bits per heavy atom. The molecule has 256 valence electrons. The maximum Gasteiger partial charge on any atom is 0.472 e. The van der Waals surface area contributed by atoms with Crippen molar-refractivity contribution in [2.24, 2.45) is 5.73 Å². The third kappa shape index (κ3) is 30.8. The van der Waals surface area contributed by atoms with Gasteiger partial charge in [0.05, 0.1) is 13.2 Å². The molecule has 0 saturated carbocycles. The molecule has 0 rings (SSSR count). The van der Waals surface area contributed by atoms with Crippen LogP contribution in [0, 0.1) is 0 Å². The molecule has 0 aliphatic carbocycles. The van der Waals surface area contributed by atoms with Gasteiger partial charge in [-0.3, -0.25) is 18.6 Å². The minimum atomic E-state index is -4.34. The fourth-order valence-electron chi connectivity index (χ4n) is 4.91. The number of carbonyl (C=O) groups is 2. The van der Waals surface area contributed by atoms with Crippen LogP contribution in [-0.2, 0) is 32.7 Å². The lowest BCUT2D eigenvalue weighted by atomic mass is 10.0. The largest absolute Gasteiger partial charge is 0.472 e. The number of unbranched alkanes of at least 4 members (excludes halogenated alkanes) is 20. The zero-order valence-corrected chi connectivity index (χ0v) is 28.6. The van der Waals surface area contributed by atoms with E-state index >= 15 is 0 Å². The minimum Gasteiger partial charge on any atom is -0.462 e. The summed E-state index contributed by atoms with van der Waals surface area (Å²) >= 11 is 0. The number of nitrogens with two attached hydrogens (primary N) is 1. The standard InChI is InChI=1S/C33H66NO8P/c1-3-5-6-7-8-9-10-11-12-13-14-15-16-17-18-19-20-21-22-23-24-26-33(36)42-31(29-39-32(35)25-4-2)30-41-43(37,38)40-28-27-34/h31H,3-30,34H2,1-2H3,(H,37,38). The summed E-state index contributed by atoms with van der Waals surface area (Å²) in [6.45, 7) is 3.35. The van der Waals surface area contributed by atoms with Gasteiger partial charge in [0.15, 0.2) is 6.10 Å². The van der Waals surface area contributed by atoms with Crippen LogP contribution < -0.4 is 5.73 Å². The van der Waals surface area contributed by atoms with Gasteiger partial charge in [0.25, 0.3) is 0 Å². The van der Waals surface area contributed by atoms with Crippen LogP contribution in [0.15, 0.2) is 0 Å². The van der Waals surface area contributed by atoms with E-state index in [1.54, 1.807) is 0 Å². The number of phosphoric acid groups is 1. The smallest absolute Gasteiger partial charge is 0.462 e. The molecule has 0 aromatic carbocycles. The SMILES string of the molecule is CCCCCCCCCCCCCCCCCCCCCCCC(=O)OC(COC(=O)CCC)COP(=O)(O)OCCN. The second kappa shape index (κ2) is 31.0. The zero-order chi connectivity index (χ0) is 31.9. The number of carbonyl (C=O) groups excluding carboxylic acids is 2. The summed E-state index contributed by atoms with van der Waals surface area (Å²) in [4.78, 5) is 33.7. The lowest BCUT2D eigenvalue weighted by molar-refractivity contribution is -0.161. The van der Waals surface area contributed by atoms with Crippen LogP contribution in [0.5, 0.6) is 0 Å². The fraction of sp³-hybridized carbons (Fsp3) is 0.939. The summed E-state index contributed by atoms with van der Waals surface area (Å²) in [6, 6.07) is 0. The van der Waals surface area contributed by atoms with Crippen molar-refractivity contribution in [3.05, 3.63) is 0 Å². The summed E-state index contributed by atoms with van der Waals surface area (Å²) in [5.74, 6) is -0.881. The second-order valence-corrected chi connectivity index (χ2v) is 13.2. The Morgan fingerprint density at radius 1 is 0.605 bits per heavy atom. The molecule has 0 aliphatic heterocycles. The number of esters is 2. The van der Waals surface area contributed by atoms with Crippen LogP contribution in [0.3, 0.4) is 0 Å². The van der Waals surface area contributed by atoms with Crippen molar-refractivity contribution in [2.75, 3.05) is 26.4 Å². The number of hydrogen-bond donors (Lipinski definition) is 2. The summed E-state index contributed by atoms with van der Waals surface area (Å²) in [6.07, 6.45) is 27.4. The topological polar surface area (TPSA) is 134 Å². The molecule has 43 heavy (non-hydrogen) atoms. The Hall–Kier alpha value is -0.990. The number of rotatable bonds is 33. The average molecular weight is 636 g/mol. The highest BCUT2D eigenvalue weighted by molar-refractivity contribution is 7.47. The van der Waals surface area contributed by atoms with E-state index in [0.717, 1.165) is 12.8 Å². The molecule has 3 N–H and O–H groups in total. The highest BCUT2D eigenvalue weighted by Gasteiger charge is 2.25. The highest BCUT2D eigenvalue weighted by Crippen LogP contribution is 2.43. The van der Waals surface area contributed by atoms with Crippen LogP contribution >= 0.6 is 7.82 Å². The van der Waals surface area contributed by atoms with Gasteiger partial charge in [-0.25, -0.2) is 4.57 Å². The van der Waals surface area contributed by atoms with E-state index in [0.29, 0.717) is 12.8 Å². The minimum absolute atomic E-state index is 0.0560. The van der Waals surface area contributed by atoms with Crippen molar-refractivity contribution >= 4 is 19.8 Å². The lowest BCUT2D eigenvalue weighted by Gasteiger charge is -2.19. The Labute approximate surface area is 263 Å². The van der Waals surface area contributed by atoms with Crippen LogP contribution in [0.1, 0.15) is 168 Å². The van der Waals surface area contributed by atoms with E-state index in [2.05, 4.69) is 6.92 Å². The summed E-state index contributed by atoms with van der Waals surface area (Å²) in [7, 11) is -4.34. The predicted molar refractivity (Wildman–Crippen MR) is 174 cm³/mol. The molecule has 0 heterocycles. The number of ether oxygens (including phenoxy) is 2. The van der Waals surface area contributed by atoms with Crippen LogP contribution in [0.2, 0.25) is 0 Å². The first-order valence-corrected chi connectivity index (χ1v) is 19.0. The van der Waals surface area contributed by atoms with E-state index in [9.17, 15) is 19.0 Å². The zero-order valence-electron chi connectivity index (χ0n) is 27.7. The first-order valence-electron chi connectivity index (χ1n) is 17.5. The summed E-state index contributed by atoms with van der Waals surface area (Å²) < 4.78 is 32.0. The third-order valence-corrected chi connectivity index (χ3v) is 8.45. The summed E-state index contributed by atoms with van der Waals surface area (Å²) in [5.41, 5.74) is 5.27. The van der Waals surface area contributed by atoms with Crippen molar-refractivity contribution in [3.8, 4) is 0 Å². The van der Waals surface area contributed by atoms with Crippen LogP contribution in [0.4, 0.5) is 0 Å². The molecule has 0 bridgehead atoms. The van der Waals surface area contributed by atoms with Crippen molar-refractivity contribution in [1.82, 2.24) is 0 Å². The van der Waals surface area contributed by atoms with Gasteiger partial charge >= 0.3 is 19.8 Å². The maximum absolute atomic E-state index is 12.3. The third-order valence-electron chi connectivity index (χ3n) is 7.46. The van der Waals surface area contributed by atoms with E-state index in [1.165, 1.54) is 116 Å². The van der Waals surface area contributed by atoms with Gasteiger partial charge in [-0.15, -0.1) is 0 Å². The first-order chi connectivity index (χ1) is 20.8. The number of hydrogen-bond acceptors (Lipinski definition) is 8. The average Bonchev–Trinajstić information content (AvgIpc) is 2.98. The monoisotopic (exact) mass is 635 g/mol. The molecule has 0 fully saturated rings. The van der Waals surface area contributed by atoms with E-state index in [1.807, 2.05) is 6.92 Å². The molecule has 0 aliphatic rings. The van der Waals surface area contributed by atoms with Crippen molar-refractivity contribution < 1.29 is 37.6 Å². The van der Waals surface area contributed by atoms with Gasteiger partial charge in [0.1, 0.15) is 6.61 Å². The molecule has 2 atom stereocenters. The molecule has 9 nitrogen and oxygen atoms in total. The molecule has 0 aromatic heterocycles. The maximum atomic E-state index is 12.3. The molecule has 2 unspecified atom stereocenters. The molecular formula is C33H66NO8P. The Kier molecular flexibility index (Phi) is 30.3. The van der Waals surface area contributed by atoms with Gasteiger partial charge in [0, 0.05) is 19.4 Å². The molecule has 0 saturated heterocycles. The molecule has 10 heteroatoms. The Morgan fingerprint density at radius 2 is 1.05 bits per heavy atom. The van der Waals surface area contributed by atoms with Gasteiger partial charge in [0.2, 0.25) is 0 Å². The van der Waals surface area contributed by atoms with E-state index < -0.39 is 32.5 Å². The van der Waals surface area contributed by atoms with Crippen molar-refractivity contribution in [3.63, 3.8) is 0 Å². The highest BCUT2D eigenvalue weighted by atomic mass is 31.2. The molecule has 0 radical (unpaired) electrons. The molecular weight excluding hydrogens is 569 g/mol. The van der Waals surface area contributed by atoms with Crippen molar-refractivity contribution in [2.45, 2.75) is 174 Å². The van der Waals surface area contributed by atoms with Crippen LogP contribution in [0.25, 0.3) is 0 Å². The lowest BCUT2D eigenvalue weighted by Crippen LogP contribution is -2.29. The quantitative estimate of drug-likeness (QED) is 0.0411. The Bertz CT molecular complexity index is 694. The van der Waals surface area contributed by atoms with E-state index in [4.69, 9.17) is 24.3 Å². The first kappa shape index (κ1) is 42.0. The fourth-order valence-corrected chi connectivity index (χ4v) is 5.67. The van der Waals surface area contributed by atoms with Gasteiger partial charge in [-0.05, 0) is 12.8 Å². The van der Waals surface area contributed by atoms with Crippen LogP contribution in [-0.4, -0.2) is 49.3 Å². The normalized spacial score (nSPS) is 13.5. The summed E-state index contributed by atoms with van der Waals surface area (Å²) in [5, 5.41) is 0. The van der Waals surface area contributed by atoms with E-state index in [-0.39, 0.29) is 32.6 Å². The second-order valence-electron chi connectivity index (χ2n) is 11.8. The molecule has 0 spiro atoms. The molecule has 0 aromatic rings. The van der Waals surface area contributed by atoms with Crippen molar-refractivity contribution in [1.29, 1.82) is 0 Å². The van der Waals surface area contributed by atoms with Gasteiger partial charge in [-0.1, -0.05) is 142 Å². The Balaban J connectivity index is 3.77. The predicted octanol–water partition coefficient (Wildman–Crippen LogP) is 8.94.